The lowest BCUT2D eigenvalue weighted by molar-refractivity contribution is -0.144. The van der Waals surface area contributed by atoms with Crippen molar-refractivity contribution in [3.8, 4) is 0 Å². The van der Waals surface area contributed by atoms with Gasteiger partial charge in [0.05, 0.1) is 0 Å². The SMILES string of the molecule is CSc1cccc(NC(=O)C(=O)N(Cc2ccccc2)Cc2ccccc2)c1. The second-order valence-corrected chi connectivity index (χ2v) is 7.20. The Morgan fingerprint density at radius 1 is 0.821 bits per heavy atom. The largest absolute Gasteiger partial charge is 0.326 e. The van der Waals surface area contributed by atoms with E-state index >= 15 is 0 Å². The Bertz CT molecular complexity index is 888. The van der Waals surface area contributed by atoms with Gasteiger partial charge < -0.3 is 10.2 Å². The molecule has 0 aliphatic rings. The molecule has 0 spiro atoms. The molecule has 2 amide bonds. The number of benzene rings is 3. The summed E-state index contributed by atoms with van der Waals surface area (Å²) in [4.78, 5) is 28.1. The molecule has 1 N–H and O–H groups in total. The summed E-state index contributed by atoms with van der Waals surface area (Å²) in [6.45, 7) is 0.736. The Balaban J connectivity index is 1.77. The lowest BCUT2D eigenvalue weighted by Crippen LogP contribution is -2.38. The van der Waals surface area contributed by atoms with E-state index in [1.807, 2.05) is 85.1 Å². The van der Waals surface area contributed by atoms with Gasteiger partial charge in [-0.15, -0.1) is 11.8 Å². The average Bonchev–Trinajstić information content (AvgIpc) is 2.74. The van der Waals surface area contributed by atoms with Gasteiger partial charge in [0.1, 0.15) is 0 Å². The molecule has 0 aromatic heterocycles. The normalized spacial score (nSPS) is 10.3. The maximum absolute atomic E-state index is 12.9. The van der Waals surface area contributed by atoms with Crippen LogP contribution in [0, 0.1) is 0 Å². The van der Waals surface area contributed by atoms with Crippen LogP contribution in [0.15, 0.2) is 89.8 Å². The summed E-state index contributed by atoms with van der Waals surface area (Å²) in [7, 11) is 0. The van der Waals surface area contributed by atoms with Gasteiger partial charge in [-0.25, -0.2) is 0 Å². The molecule has 142 valence electrons. The Labute approximate surface area is 169 Å². The molecule has 0 saturated carbocycles. The second-order valence-electron chi connectivity index (χ2n) is 6.32. The van der Waals surface area contributed by atoms with Crippen molar-refractivity contribution in [2.75, 3.05) is 11.6 Å². The summed E-state index contributed by atoms with van der Waals surface area (Å²) in [5, 5.41) is 2.72. The van der Waals surface area contributed by atoms with Crippen LogP contribution in [0.1, 0.15) is 11.1 Å². The van der Waals surface area contributed by atoms with E-state index in [1.165, 1.54) is 0 Å². The van der Waals surface area contributed by atoms with E-state index in [0.29, 0.717) is 18.8 Å². The number of nitrogens with zero attached hydrogens (tertiary/aromatic N) is 1. The summed E-state index contributed by atoms with van der Waals surface area (Å²) in [6, 6.07) is 26.8. The summed E-state index contributed by atoms with van der Waals surface area (Å²) >= 11 is 1.58. The number of thioether (sulfide) groups is 1. The highest BCUT2D eigenvalue weighted by Crippen LogP contribution is 2.19. The van der Waals surface area contributed by atoms with Crippen molar-refractivity contribution >= 4 is 29.3 Å². The number of carbonyl (C=O) groups excluding carboxylic acids is 2. The molecular weight excluding hydrogens is 368 g/mol. The molecule has 4 nitrogen and oxygen atoms in total. The molecular formula is C23H22N2O2S. The van der Waals surface area contributed by atoms with Crippen molar-refractivity contribution in [1.82, 2.24) is 4.90 Å². The van der Waals surface area contributed by atoms with Crippen LogP contribution in [0.3, 0.4) is 0 Å². The van der Waals surface area contributed by atoms with Crippen LogP contribution < -0.4 is 5.32 Å². The molecule has 0 fully saturated rings. The molecule has 0 heterocycles. The van der Waals surface area contributed by atoms with E-state index in [0.717, 1.165) is 16.0 Å². The van der Waals surface area contributed by atoms with Gasteiger partial charge >= 0.3 is 11.8 Å². The number of anilines is 1. The van der Waals surface area contributed by atoms with Crippen LogP contribution >= 0.6 is 11.8 Å². The van der Waals surface area contributed by atoms with E-state index in [2.05, 4.69) is 5.32 Å². The molecule has 0 aliphatic carbocycles. The fourth-order valence-corrected chi connectivity index (χ4v) is 3.30. The standard InChI is InChI=1S/C23H22N2O2S/c1-28-21-14-8-13-20(15-21)24-22(26)23(27)25(16-18-9-4-2-5-10-18)17-19-11-6-3-7-12-19/h2-15H,16-17H2,1H3,(H,24,26). The molecule has 0 bridgehead atoms. The van der Waals surface area contributed by atoms with Crippen molar-refractivity contribution in [3.05, 3.63) is 96.1 Å². The first-order chi connectivity index (χ1) is 13.7. The minimum atomic E-state index is -0.634. The molecule has 3 rings (SSSR count). The van der Waals surface area contributed by atoms with Gasteiger partial charge in [0, 0.05) is 23.7 Å². The highest BCUT2D eigenvalue weighted by Gasteiger charge is 2.22. The molecule has 3 aromatic rings. The quantitative estimate of drug-likeness (QED) is 0.495. The van der Waals surface area contributed by atoms with Crippen molar-refractivity contribution in [2.45, 2.75) is 18.0 Å². The zero-order valence-electron chi connectivity index (χ0n) is 15.7. The molecule has 0 atom stereocenters. The van der Waals surface area contributed by atoms with Crippen LogP contribution in [0.5, 0.6) is 0 Å². The predicted octanol–water partition coefficient (Wildman–Crippen LogP) is 4.58. The van der Waals surface area contributed by atoms with Crippen LogP contribution in [0.2, 0.25) is 0 Å². The number of amides is 2. The van der Waals surface area contributed by atoms with Crippen LogP contribution in [0.4, 0.5) is 5.69 Å². The Hall–Kier alpha value is -3.05. The van der Waals surface area contributed by atoms with Crippen molar-refractivity contribution in [3.63, 3.8) is 0 Å². The third-order valence-electron chi connectivity index (χ3n) is 4.24. The maximum atomic E-state index is 12.9. The predicted molar refractivity (Wildman–Crippen MR) is 114 cm³/mol. The van der Waals surface area contributed by atoms with Gasteiger partial charge in [0.15, 0.2) is 0 Å². The first-order valence-electron chi connectivity index (χ1n) is 8.98. The van der Waals surface area contributed by atoms with E-state index in [9.17, 15) is 9.59 Å². The molecule has 28 heavy (non-hydrogen) atoms. The van der Waals surface area contributed by atoms with Gasteiger partial charge in [-0.2, -0.15) is 0 Å². The molecule has 5 heteroatoms. The highest BCUT2D eigenvalue weighted by molar-refractivity contribution is 7.98. The molecule has 0 radical (unpaired) electrons. The Morgan fingerprint density at radius 3 is 1.93 bits per heavy atom. The lowest BCUT2D eigenvalue weighted by atomic mass is 10.1. The zero-order valence-corrected chi connectivity index (χ0v) is 16.5. The first-order valence-corrected chi connectivity index (χ1v) is 10.2. The monoisotopic (exact) mass is 390 g/mol. The smallest absolute Gasteiger partial charge is 0.313 e. The summed E-state index contributed by atoms with van der Waals surface area (Å²) in [5.74, 6) is -1.19. The number of hydrogen-bond acceptors (Lipinski definition) is 3. The second kappa shape index (κ2) is 9.76. The summed E-state index contributed by atoms with van der Waals surface area (Å²) in [6.07, 6.45) is 1.97. The van der Waals surface area contributed by atoms with E-state index < -0.39 is 11.8 Å². The van der Waals surface area contributed by atoms with Crippen molar-refractivity contribution in [2.24, 2.45) is 0 Å². The number of hydrogen-bond donors (Lipinski definition) is 1. The van der Waals surface area contributed by atoms with Crippen LogP contribution in [0.25, 0.3) is 0 Å². The fourth-order valence-electron chi connectivity index (χ4n) is 2.84. The average molecular weight is 391 g/mol. The third-order valence-corrected chi connectivity index (χ3v) is 4.97. The number of rotatable bonds is 6. The minimum absolute atomic E-state index is 0.368. The van der Waals surface area contributed by atoms with E-state index in [1.54, 1.807) is 22.7 Å². The highest BCUT2D eigenvalue weighted by atomic mass is 32.2. The number of carbonyl (C=O) groups is 2. The molecule has 3 aromatic carbocycles. The van der Waals surface area contributed by atoms with Gasteiger partial charge in [0.25, 0.3) is 0 Å². The number of nitrogens with one attached hydrogen (secondary N) is 1. The topological polar surface area (TPSA) is 49.4 Å². The van der Waals surface area contributed by atoms with Gasteiger partial charge in [-0.1, -0.05) is 66.7 Å². The zero-order chi connectivity index (χ0) is 19.8. The molecule has 0 saturated heterocycles. The van der Waals surface area contributed by atoms with Crippen molar-refractivity contribution in [1.29, 1.82) is 0 Å². The van der Waals surface area contributed by atoms with Gasteiger partial charge in [-0.05, 0) is 35.6 Å². The van der Waals surface area contributed by atoms with Gasteiger partial charge in [0.2, 0.25) is 0 Å². The van der Waals surface area contributed by atoms with Crippen LogP contribution in [-0.2, 0) is 22.7 Å². The summed E-state index contributed by atoms with van der Waals surface area (Å²) < 4.78 is 0. The van der Waals surface area contributed by atoms with E-state index in [4.69, 9.17) is 0 Å². The Kier molecular flexibility index (Phi) is 6.87. The maximum Gasteiger partial charge on any atom is 0.313 e. The van der Waals surface area contributed by atoms with Crippen LogP contribution in [-0.4, -0.2) is 23.0 Å². The minimum Gasteiger partial charge on any atom is -0.326 e. The third kappa shape index (κ3) is 5.47. The lowest BCUT2D eigenvalue weighted by Gasteiger charge is -2.22. The molecule has 0 unspecified atom stereocenters. The Morgan fingerprint density at radius 2 is 1.39 bits per heavy atom. The molecule has 0 aliphatic heterocycles. The fraction of sp³-hybridized carbons (Fsp3) is 0.130. The van der Waals surface area contributed by atoms with E-state index in [-0.39, 0.29) is 0 Å². The van der Waals surface area contributed by atoms with Crippen molar-refractivity contribution < 1.29 is 9.59 Å². The first kappa shape index (κ1) is 19.7. The summed E-state index contributed by atoms with van der Waals surface area (Å²) in [5.41, 5.74) is 2.57. The van der Waals surface area contributed by atoms with Gasteiger partial charge in [-0.3, -0.25) is 9.59 Å².